The molecule has 0 unspecified atom stereocenters. The third-order valence-corrected chi connectivity index (χ3v) is 9.77. The van der Waals surface area contributed by atoms with Crippen LogP contribution in [0.1, 0.15) is 93.2 Å². The molecule has 3 amide bonds. The van der Waals surface area contributed by atoms with E-state index in [4.69, 9.17) is 15.2 Å². The van der Waals surface area contributed by atoms with E-state index in [0.29, 0.717) is 35.8 Å². The summed E-state index contributed by atoms with van der Waals surface area (Å²) in [5, 5.41) is 5.63. The number of nitrogens with two attached hydrogens (primary N) is 1. The van der Waals surface area contributed by atoms with Gasteiger partial charge in [-0.15, -0.1) is 12.4 Å². The predicted molar refractivity (Wildman–Crippen MR) is 228 cm³/mol. The van der Waals surface area contributed by atoms with Gasteiger partial charge in [0.25, 0.3) is 13.5 Å². The monoisotopic (exact) mass is 831 g/mol. The van der Waals surface area contributed by atoms with E-state index < -0.39 is 24.0 Å². The summed E-state index contributed by atoms with van der Waals surface area (Å²) in [6.45, 7) is 13.9. The van der Waals surface area contributed by atoms with Crippen LogP contribution in [-0.4, -0.2) is 41.7 Å². The number of carbonyl (C=O) groups is 5. The summed E-state index contributed by atoms with van der Waals surface area (Å²) in [6, 6.07) is 26.7. The van der Waals surface area contributed by atoms with Crippen molar-refractivity contribution in [3.63, 3.8) is 0 Å². The van der Waals surface area contributed by atoms with E-state index in [2.05, 4.69) is 31.4 Å². The van der Waals surface area contributed by atoms with Crippen molar-refractivity contribution in [2.24, 2.45) is 29.4 Å². The summed E-state index contributed by atoms with van der Waals surface area (Å²) >= 11 is 0. The lowest BCUT2D eigenvalue weighted by Crippen LogP contribution is -2.41. The number of primary amides is 1. The Kier molecular flexibility index (Phi) is 21.6. The molecule has 2 aromatic carbocycles. The largest absolute Gasteiger partial charge is 0.412 e. The number of rotatable bonds is 19. The molecule has 0 aliphatic carbocycles. The van der Waals surface area contributed by atoms with Crippen molar-refractivity contribution in [3.8, 4) is 0 Å². The average Bonchev–Trinajstić information content (AvgIpc) is 3.19. The van der Waals surface area contributed by atoms with E-state index in [1.807, 2.05) is 88.4 Å². The molecule has 318 valence electrons. The Morgan fingerprint density at radius 2 is 0.983 bits per heavy atom. The van der Waals surface area contributed by atoms with Gasteiger partial charge in [0.15, 0.2) is 36.4 Å². The third kappa shape index (κ3) is 18.7. The number of pyridine rings is 2. The number of carbonyl (C=O) groups excluding carboxylic acids is 5. The molecule has 0 radical (unpaired) electrons. The van der Waals surface area contributed by atoms with Gasteiger partial charge < -0.3 is 25.8 Å². The molecule has 2 aromatic heterocycles. The summed E-state index contributed by atoms with van der Waals surface area (Å²) in [7, 11) is 0. The molecule has 0 saturated carbocycles. The van der Waals surface area contributed by atoms with Gasteiger partial charge in [-0.25, -0.2) is 9.59 Å². The van der Waals surface area contributed by atoms with Crippen LogP contribution in [0.4, 0.5) is 9.59 Å². The molecular weight excluding hydrogens is 770 g/mol. The quantitative estimate of drug-likeness (QED) is 0.0666. The zero-order valence-corrected chi connectivity index (χ0v) is 36.2. The number of halogens is 1. The van der Waals surface area contributed by atoms with Gasteiger partial charge in [-0.05, 0) is 67.7 Å². The molecule has 4 atom stereocenters. The molecular formula is C46H62ClN5O7+2. The van der Waals surface area contributed by atoms with E-state index in [0.717, 1.165) is 17.5 Å². The number of Topliss-reactive ketones (excluding diaryl/α,β-unsaturated/α-hetero) is 2. The van der Waals surface area contributed by atoms with Crippen molar-refractivity contribution in [1.82, 2.24) is 10.6 Å². The van der Waals surface area contributed by atoms with E-state index in [1.54, 1.807) is 58.2 Å². The minimum absolute atomic E-state index is 0. The summed E-state index contributed by atoms with van der Waals surface area (Å²) in [5.41, 5.74) is 8.76. The van der Waals surface area contributed by atoms with Crippen LogP contribution in [0.2, 0.25) is 0 Å². The van der Waals surface area contributed by atoms with Gasteiger partial charge in [-0.2, -0.15) is 9.13 Å². The predicted octanol–water partition coefficient (Wildman–Crippen LogP) is 7.20. The lowest BCUT2D eigenvalue weighted by molar-refractivity contribution is -0.727. The normalized spacial score (nSPS) is 12.7. The lowest BCUT2D eigenvalue weighted by atomic mass is 9.89. The highest BCUT2D eigenvalue weighted by molar-refractivity contribution is 5.98. The van der Waals surface area contributed by atoms with Gasteiger partial charge in [0.1, 0.15) is 0 Å². The molecule has 2 heterocycles. The van der Waals surface area contributed by atoms with Crippen LogP contribution in [0.5, 0.6) is 0 Å². The first kappa shape index (κ1) is 49.5. The zero-order chi connectivity index (χ0) is 42.6. The first-order valence-corrected chi connectivity index (χ1v) is 19.9. The second-order valence-corrected chi connectivity index (χ2v) is 15.5. The van der Waals surface area contributed by atoms with Gasteiger partial charge in [-0.1, -0.05) is 95.3 Å². The smallest absolute Gasteiger partial charge is 0.388 e. The minimum atomic E-state index is -0.531. The summed E-state index contributed by atoms with van der Waals surface area (Å²) < 4.78 is 13.9. The van der Waals surface area contributed by atoms with Gasteiger partial charge in [0, 0.05) is 43.0 Å². The first-order chi connectivity index (χ1) is 27.6. The van der Waals surface area contributed by atoms with Crippen LogP contribution in [-0.2, 0) is 40.6 Å². The maximum absolute atomic E-state index is 12.5. The van der Waals surface area contributed by atoms with Gasteiger partial charge >= 0.3 is 12.2 Å². The number of aromatic nitrogens is 2. The number of benzene rings is 2. The first-order valence-electron chi connectivity index (χ1n) is 19.9. The Labute approximate surface area is 355 Å². The molecule has 59 heavy (non-hydrogen) atoms. The fraction of sp³-hybridized carbons (Fsp3) is 0.413. The summed E-state index contributed by atoms with van der Waals surface area (Å²) in [4.78, 5) is 60.6. The number of hydrogen-bond acceptors (Lipinski definition) is 7. The van der Waals surface area contributed by atoms with E-state index in [1.165, 1.54) is 0 Å². The maximum atomic E-state index is 12.5. The number of alkyl carbamates (subject to hydrolysis) is 2. The molecule has 0 aliphatic rings. The van der Waals surface area contributed by atoms with Crippen LogP contribution in [0.25, 0.3) is 0 Å². The number of nitrogens with one attached hydrogen (secondary N) is 2. The number of nitrogens with zero attached hydrogens (tertiary/aromatic N) is 2. The van der Waals surface area contributed by atoms with Gasteiger partial charge in [-0.3, -0.25) is 14.4 Å². The number of hydrogen-bond donors (Lipinski definition) is 3. The summed E-state index contributed by atoms with van der Waals surface area (Å²) in [5.74, 6) is -0.295. The Balaban J connectivity index is 0.000000401. The van der Waals surface area contributed by atoms with Crippen molar-refractivity contribution < 1.29 is 42.6 Å². The molecule has 12 nitrogen and oxygen atoms in total. The Morgan fingerprint density at radius 1 is 0.576 bits per heavy atom. The third-order valence-electron chi connectivity index (χ3n) is 9.77. The van der Waals surface area contributed by atoms with Crippen LogP contribution >= 0.6 is 12.4 Å². The van der Waals surface area contributed by atoms with Crippen LogP contribution in [0.3, 0.4) is 0 Å². The Hall–Kier alpha value is -5.62. The van der Waals surface area contributed by atoms with E-state index >= 15 is 0 Å². The minimum Gasteiger partial charge on any atom is -0.388 e. The molecule has 0 aliphatic heterocycles. The highest BCUT2D eigenvalue weighted by Crippen LogP contribution is 2.18. The molecule has 4 rings (SSSR count). The SMILES string of the molecule is CC(C)[C@@H](C)CC(=O)c1ccc[n+](COC(=O)N[C@@H](C)Cc2ccccc2)c1.CC(C)[C@H](CC(=O)c1ccc[n+](COC(=O)N[C@@H](C)Cc2ccccc2)c1)C(N)=O.Cl. The number of ether oxygens (including phenoxy) is 2. The van der Waals surface area contributed by atoms with Crippen molar-refractivity contribution in [3.05, 3.63) is 132 Å². The van der Waals surface area contributed by atoms with E-state index in [9.17, 15) is 24.0 Å². The molecule has 0 bridgehead atoms. The second kappa shape index (κ2) is 25.7. The van der Waals surface area contributed by atoms with Gasteiger partial charge in [0.05, 0.1) is 11.1 Å². The maximum Gasteiger partial charge on any atom is 0.412 e. The topological polar surface area (TPSA) is 162 Å². The summed E-state index contributed by atoms with van der Waals surface area (Å²) in [6.07, 6.45) is 7.81. The fourth-order valence-corrected chi connectivity index (χ4v) is 5.95. The van der Waals surface area contributed by atoms with Crippen LogP contribution in [0, 0.1) is 23.7 Å². The molecule has 4 N–H and O–H groups in total. The van der Waals surface area contributed by atoms with Crippen molar-refractivity contribution in [2.45, 2.75) is 99.7 Å². The van der Waals surface area contributed by atoms with Crippen molar-refractivity contribution >= 4 is 42.1 Å². The lowest BCUT2D eigenvalue weighted by Gasteiger charge is -2.15. The Bertz CT molecular complexity index is 1930. The van der Waals surface area contributed by atoms with Crippen molar-refractivity contribution in [2.75, 3.05) is 0 Å². The Morgan fingerprint density at radius 3 is 1.36 bits per heavy atom. The van der Waals surface area contributed by atoms with Gasteiger partial charge in [0.2, 0.25) is 5.91 Å². The van der Waals surface area contributed by atoms with Crippen molar-refractivity contribution in [1.29, 1.82) is 0 Å². The number of amides is 3. The standard InChI is InChI=1S/C23H29N3O4.C23H30N2O3.ClH/c1-16(2)20(22(24)28)13-21(27)19-10-7-11-26(14-19)15-30-23(29)25-17(3)12-18-8-5-4-6-9-18;1-17(2)18(3)13-22(26)21-11-8-12-25(15-21)16-28-23(27)24-19(4)14-20-9-6-5-7-10-20;/h4-11,14,16-17,20H,12-13,15H2,1-3H3,(H2-,24,25,28,29);5-12,15,17-19H,13-14,16H2,1-4H3;1H/p+2/t17-,20-;18-,19-;/m00./s1. The molecule has 4 aromatic rings. The second-order valence-electron chi connectivity index (χ2n) is 15.5. The highest BCUT2D eigenvalue weighted by atomic mass is 35.5. The zero-order valence-electron chi connectivity index (χ0n) is 35.3. The molecule has 0 saturated heterocycles. The molecule has 13 heteroatoms. The van der Waals surface area contributed by atoms with Crippen LogP contribution < -0.4 is 25.5 Å². The fourth-order valence-electron chi connectivity index (χ4n) is 5.95. The molecule has 0 fully saturated rings. The highest BCUT2D eigenvalue weighted by Gasteiger charge is 2.25. The van der Waals surface area contributed by atoms with E-state index in [-0.39, 0.29) is 61.9 Å². The van der Waals surface area contributed by atoms with Crippen LogP contribution in [0.15, 0.2) is 110 Å². The molecule has 0 spiro atoms. The number of ketones is 2. The average molecular weight is 832 g/mol.